The van der Waals surface area contributed by atoms with Crippen LogP contribution >= 0.6 is 0 Å². The van der Waals surface area contributed by atoms with Crippen LogP contribution in [-0.2, 0) is 27.3 Å². The summed E-state index contributed by atoms with van der Waals surface area (Å²) in [5.41, 5.74) is 2.56. The van der Waals surface area contributed by atoms with Crippen LogP contribution < -0.4 is 0 Å². The molecule has 19 heavy (non-hydrogen) atoms. The molecule has 1 aromatic rings. The van der Waals surface area contributed by atoms with Gasteiger partial charge in [-0.2, -0.15) is 0 Å². The van der Waals surface area contributed by atoms with Gasteiger partial charge in [-0.15, -0.1) is 0 Å². The van der Waals surface area contributed by atoms with Gasteiger partial charge in [0.25, 0.3) is 0 Å². The molecule has 0 N–H and O–H groups in total. The van der Waals surface area contributed by atoms with Crippen LogP contribution in [0.15, 0.2) is 24.3 Å². The molecule has 0 spiro atoms. The van der Waals surface area contributed by atoms with Crippen LogP contribution in [0, 0.1) is 0 Å². The third kappa shape index (κ3) is 4.67. The van der Waals surface area contributed by atoms with Crippen molar-refractivity contribution in [3.63, 3.8) is 0 Å². The van der Waals surface area contributed by atoms with Crippen LogP contribution in [0.2, 0.25) is 0 Å². The lowest BCUT2D eigenvalue weighted by Gasteiger charge is -2.21. The van der Waals surface area contributed by atoms with Gasteiger partial charge in [-0.3, -0.25) is 4.79 Å². The van der Waals surface area contributed by atoms with Crippen molar-refractivity contribution in [2.24, 2.45) is 0 Å². The van der Waals surface area contributed by atoms with E-state index in [1.165, 1.54) is 24.0 Å². The van der Waals surface area contributed by atoms with Crippen molar-refractivity contribution in [1.82, 2.24) is 0 Å². The van der Waals surface area contributed by atoms with Crippen LogP contribution in [0.5, 0.6) is 0 Å². The van der Waals surface area contributed by atoms with Gasteiger partial charge in [-0.05, 0) is 30.4 Å². The summed E-state index contributed by atoms with van der Waals surface area (Å²) in [6.45, 7) is 3.20. The Morgan fingerprint density at radius 1 is 1.26 bits per heavy atom. The Bertz CT molecular complexity index is 387. The van der Waals surface area contributed by atoms with Gasteiger partial charge in [0.1, 0.15) is 6.61 Å². The Balaban J connectivity index is 1.75. The zero-order valence-corrected chi connectivity index (χ0v) is 11.6. The lowest BCUT2D eigenvalue weighted by Crippen LogP contribution is -2.28. The highest BCUT2D eigenvalue weighted by atomic mass is 16.6. The Labute approximate surface area is 114 Å². The summed E-state index contributed by atoms with van der Waals surface area (Å²) in [6.07, 6.45) is 4.91. The minimum atomic E-state index is -0.111. The quantitative estimate of drug-likeness (QED) is 0.738. The summed E-state index contributed by atoms with van der Waals surface area (Å²) >= 11 is 0. The number of rotatable bonds is 6. The summed E-state index contributed by atoms with van der Waals surface area (Å²) in [7, 11) is 0. The predicted octanol–water partition coefficient (Wildman–Crippen LogP) is 3.25. The molecule has 0 saturated carbocycles. The van der Waals surface area contributed by atoms with E-state index < -0.39 is 0 Å². The molecule has 1 unspecified atom stereocenters. The minimum absolute atomic E-state index is 0.0532. The maximum absolute atomic E-state index is 10.9. The topological polar surface area (TPSA) is 35.5 Å². The SMILES string of the molecule is CCCCc1ccc(COC2CCC(=O)OC2)cc1. The Morgan fingerprint density at radius 3 is 2.63 bits per heavy atom. The number of carbonyl (C=O) groups is 1. The van der Waals surface area contributed by atoms with Crippen LogP contribution in [0.25, 0.3) is 0 Å². The summed E-state index contributed by atoms with van der Waals surface area (Å²) in [4.78, 5) is 10.9. The Hall–Kier alpha value is -1.35. The van der Waals surface area contributed by atoms with Gasteiger partial charge in [0.05, 0.1) is 12.7 Å². The lowest BCUT2D eigenvalue weighted by atomic mass is 10.1. The van der Waals surface area contributed by atoms with Crippen LogP contribution in [-0.4, -0.2) is 18.7 Å². The molecule has 1 fully saturated rings. The minimum Gasteiger partial charge on any atom is -0.463 e. The summed E-state index contributed by atoms with van der Waals surface area (Å²) in [6, 6.07) is 8.60. The van der Waals surface area contributed by atoms with Gasteiger partial charge in [-0.1, -0.05) is 37.6 Å². The second-order valence-corrected chi connectivity index (χ2v) is 5.07. The molecular formula is C16H22O3. The van der Waals surface area contributed by atoms with E-state index in [0.29, 0.717) is 19.6 Å². The highest BCUT2D eigenvalue weighted by molar-refractivity contribution is 5.70. The first-order valence-corrected chi connectivity index (χ1v) is 7.13. The van der Waals surface area contributed by atoms with Crippen molar-refractivity contribution in [3.8, 4) is 0 Å². The number of aryl methyl sites for hydroxylation is 1. The fourth-order valence-electron chi connectivity index (χ4n) is 2.15. The number of carbonyl (C=O) groups excluding carboxylic acids is 1. The molecule has 0 aliphatic carbocycles. The summed E-state index contributed by atoms with van der Waals surface area (Å²) in [5.74, 6) is -0.111. The summed E-state index contributed by atoms with van der Waals surface area (Å²) < 4.78 is 10.7. The van der Waals surface area contributed by atoms with Gasteiger partial charge < -0.3 is 9.47 Å². The van der Waals surface area contributed by atoms with E-state index in [4.69, 9.17) is 9.47 Å². The van der Waals surface area contributed by atoms with Gasteiger partial charge in [-0.25, -0.2) is 0 Å². The first-order valence-electron chi connectivity index (χ1n) is 7.13. The number of esters is 1. The van der Waals surface area contributed by atoms with Crippen molar-refractivity contribution in [2.45, 2.75) is 51.7 Å². The molecule has 3 heteroatoms. The molecule has 3 nitrogen and oxygen atoms in total. The maximum atomic E-state index is 10.9. The number of benzene rings is 1. The van der Waals surface area contributed by atoms with E-state index in [0.717, 1.165) is 12.8 Å². The molecule has 1 atom stereocenters. The normalized spacial score (nSPS) is 19.2. The molecule has 1 aliphatic rings. The van der Waals surface area contributed by atoms with Gasteiger partial charge in [0.2, 0.25) is 0 Å². The van der Waals surface area contributed by atoms with E-state index in [9.17, 15) is 4.79 Å². The monoisotopic (exact) mass is 262 g/mol. The Morgan fingerprint density at radius 2 is 2.00 bits per heavy atom. The largest absolute Gasteiger partial charge is 0.463 e. The number of unbranched alkanes of at least 4 members (excludes halogenated alkanes) is 1. The fourth-order valence-corrected chi connectivity index (χ4v) is 2.15. The second kappa shape index (κ2) is 7.29. The van der Waals surface area contributed by atoms with Gasteiger partial charge in [0.15, 0.2) is 0 Å². The van der Waals surface area contributed by atoms with E-state index in [-0.39, 0.29) is 12.1 Å². The van der Waals surface area contributed by atoms with E-state index in [2.05, 4.69) is 31.2 Å². The average Bonchev–Trinajstić information content (AvgIpc) is 2.46. The molecule has 0 aromatic heterocycles. The number of ether oxygens (including phenoxy) is 2. The highest BCUT2D eigenvalue weighted by Gasteiger charge is 2.19. The van der Waals surface area contributed by atoms with Crippen molar-refractivity contribution in [2.75, 3.05) is 6.61 Å². The van der Waals surface area contributed by atoms with Crippen molar-refractivity contribution in [1.29, 1.82) is 0 Å². The van der Waals surface area contributed by atoms with Gasteiger partial charge in [0, 0.05) is 6.42 Å². The molecule has 1 saturated heterocycles. The zero-order chi connectivity index (χ0) is 13.5. The predicted molar refractivity (Wildman–Crippen MR) is 73.8 cm³/mol. The van der Waals surface area contributed by atoms with Crippen molar-refractivity contribution < 1.29 is 14.3 Å². The first kappa shape index (κ1) is 14.1. The van der Waals surface area contributed by atoms with Gasteiger partial charge >= 0.3 is 5.97 Å². The fraction of sp³-hybridized carbons (Fsp3) is 0.562. The standard InChI is InChI=1S/C16H22O3/c1-2-3-4-13-5-7-14(8-6-13)11-18-15-9-10-16(17)19-12-15/h5-8,15H,2-4,9-12H2,1H3. The van der Waals surface area contributed by atoms with Crippen molar-refractivity contribution >= 4 is 5.97 Å². The van der Waals surface area contributed by atoms with Crippen molar-refractivity contribution in [3.05, 3.63) is 35.4 Å². The third-order valence-corrected chi connectivity index (χ3v) is 3.43. The second-order valence-electron chi connectivity index (χ2n) is 5.07. The molecule has 0 amide bonds. The lowest BCUT2D eigenvalue weighted by molar-refractivity contribution is -0.155. The summed E-state index contributed by atoms with van der Waals surface area (Å²) in [5, 5.41) is 0. The number of cyclic esters (lactones) is 1. The van der Waals surface area contributed by atoms with Crippen LogP contribution in [0.3, 0.4) is 0 Å². The molecule has 2 rings (SSSR count). The average molecular weight is 262 g/mol. The molecule has 0 radical (unpaired) electrons. The third-order valence-electron chi connectivity index (χ3n) is 3.43. The van der Waals surface area contributed by atoms with Crippen LogP contribution in [0.4, 0.5) is 0 Å². The molecular weight excluding hydrogens is 240 g/mol. The molecule has 1 aliphatic heterocycles. The number of hydrogen-bond acceptors (Lipinski definition) is 3. The molecule has 0 bridgehead atoms. The van der Waals surface area contributed by atoms with E-state index in [1.807, 2.05) is 0 Å². The Kier molecular flexibility index (Phi) is 5.40. The molecule has 1 heterocycles. The molecule has 104 valence electrons. The first-order chi connectivity index (χ1) is 9.28. The zero-order valence-electron chi connectivity index (χ0n) is 11.6. The van der Waals surface area contributed by atoms with E-state index >= 15 is 0 Å². The highest BCUT2D eigenvalue weighted by Crippen LogP contribution is 2.14. The smallest absolute Gasteiger partial charge is 0.305 e. The van der Waals surface area contributed by atoms with E-state index in [1.54, 1.807) is 0 Å². The molecule has 1 aromatic carbocycles. The van der Waals surface area contributed by atoms with Crippen LogP contribution in [0.1, 0.15) is 43.7 Å². The maximum Gasteiger partial charge on any atom is 0.305 e. The number of hydrogen-bond donors (Lipinski definition) is 0.